The molecule has 0 aliphatic carbocycles. The summed E-state index contributed by atoms with van der Waals surface area (Å²) in [5.74, 6) is 0.679. The van der Waals surface area contributed by atoms with Crippen LogP contribution < -0.4 is 5.73 Å². The van der Waals surface area contributed by atoms with E-state index in [9.17, 15) is 0 Å². The fraction of sp³-hybridized carbons (Fsp3) is 0.571. The number of nitrogens with two attached hydrogens (primary N) is 1. The van der Waals surface area contributed by atoms with Gasteiger partial charge in [0.2, 0.25) is 0 Å². The smallest absolute Gasteiger partial charge is 0.0212 e. The van der Waals surface area contributed by atoms with Crippen LogP contribution in [0.4, 0.5) is 0 Å². The molecule has 1 rings (SSSR count). The average molecular weight is 284 g/mol. The Morgan fingerprint density at radius 1 is 1.25 bits per heavy atom. The maximum Gasteiger partial charge on any atom is 0.0212 e. The van der Waals surface area contributed by atoms with Crippen LogP contribution in [0.15, 0.2) is 22.7 Å². The van der Waals surface area contributed by atoms with E-state index in [1.165, 1.54) is 28.4 Å². The minimum absolute atomic E-state index is 0.679. The molecule has 0 atom stereocenters. The third-order valence-corrected chi connectivity index (χ3v) is 3.85. The van der Waals surface area contributed by atoms with Crippen molar-refractivity contribution in [2.45, 2.75) is 45.4 Å². The Kier molecular flexibility index (Phi) is 6.07. The quantitative estimate of drug-likeness (QED) is 0.830. The molecule has 16 heavy (non-hydrogen) atoms. The lowest BCUT2D eigenvalue weighted by Gasteiger charge is -2.15. The molecular formula is C14H22BrN. The van der Waals surface area contributed by atoms with Crippen molar-refractivity contribution < 1.29 is 0 Å². The summed E-state index contributed by atoms with van der Waals surface area (Å²) in [5.41, 5.74) is 8.35. The molecule has 2 heteroatoms. The summed E-state index contributed by atoms with van der Waals surface area (Å²) in [7, 11) is 0. The van der Waals surface area contributed by atoms with Gasteiger partial charge in [-0.3, -0.25) is 0 Å². The Balaban J connectivity index is 2.82. The van der Waals surface area contributed by atoms with Gasteiger partial charge in [0, 0.05) is 4.47 Å². The van der Waals surface area contributed by atoms with Crippen LogP contribution in [-0.4, -0.2) is 6.54 Å². The molecule has 0 spiro atoms. The van der Waals surface area contributed by atoms with Crippen molar-refractivity contribution in [2.75, 3.05) is 6.54 Å². The maximum atomic E-state index is 5.52. The van der Waals surface area contributed by atoms with Gasteiger partial charge >= 0.3 is 0 Å². The number of hydrogen-bond donors (Lipinski definition) is 1. The van der Waals surface area contributed by atoms with Crippen LogP contribution in [0.25, 0.3) is 0 Å². The van der Waals surface area contributed by atoms with E-state index < -0.39 is 0 Å². The van der Waals surface area contributed by atoms with E-state index in [4.69, 9.17) is 5.73 Å². The summed E-state index contributed by atoms with van der Waals surface area (Å²) in [6, 6.07) is 6.77. The van der Waals surface area contributed by atoms with Gasteiger partial charge in [0.25, 0.3) is 0 Å². The average Bonchev–Trinajstić information content (AvgIpc) is 2.30. The SMILES string of the molecule is CCC(CC)c1ccc(CCCN)cc1Br. The molecule has 1 aromatic rings. The van der Waals surface area contributed by atoms with E-state index in [1.807, 2.05) is 0 Å². The zero-order valence-electron chi connectivity index (χ0n) is 10.3. The molecule has 0 heterocycles. The summed E-state index contributed by atoms with van der Waals surface area (Å²) >= 11 is 3.69. The van der Waals surface area contributed by atoms with E-state index in [0.29, 0.717) is 5.92 Å². The molecule has 0 saturated heterocycles. The molecule has 0 bridgehead atoms. The van der Waals surface area contributed by atoms with Crippen LogP contribution in [0.1, 0.15) is 50.2 Å². The zero-order chi connectivity index (χ0) is 12.0. The monoisotopic (exact) mass is 283 g/mol. The predicted molar refractivity (Wildman–Crippen MR) is 74.8 cm³/mol. The number of hydrogen-bond acceptors (Lipinski definition) is 1. The summed E-state index contributed by atoms with van der Waals surface area (Å²) < 4.78 is 1.26. The normalized spacial score (nSPS) is 11.1. The van der Waals surface area contributed by atoms with Gasteiger partial charge in [0.15, 0.2) is 0 Å². The lowest BCUT2D eigenvalue weighted by molar-refractivity contribution is 0.639. The van der Waals surface area contributed by atoms with Gasteiger partial charge in [0.05, 0.1) is 0 Å². The van der Waals surface area contributed by atoms with E-state index in [1.54, 1.807) is 0 Å². The predicted octanol–water partition coefficient (Wildman–Crippen LogP) is 4.24. The highest BCUT2D eigenvalue weighted by Crippen LogP contribution is 2.30. The second-order valence-corrected chi connectivity index (χ2v) is 5.12. The number of rotatable bonds is 6. The van der Waals surface area contributed by atoms with Gasteiger partial charge in [-0.25, -0.2) is 0 Å². The highest BCUT2D eigenvalue weighted by atomic mass is 79.9. The first kappa shape index (κ1) is 13.7. The molecule has 1 aromatic carbocycles. The van der Waals surface area contributed by atoms with Gasteiger partial charge in [-0.05, 0) is 55.3 Å². The second-order valence-electron chi connectivity index (χ2n) is 4.26. The molecule has 0 aliphatic heterocycles. The first-order valence-corrected chi connectivity index (χ1v) is 7.00. The number of aryl methyl sites for hydroxylation is 1. The van der Waals surface area contributed by atoms with Crippen molar-refractivity contribution in [3.05, 3.63) is 33.8 Å². The molecule has 90 valence electrons. The van der Waals surface area contributed by atoms with Crippen molar-refractivity contribution in [3.63, 3.8) is 0 Å². The van der Waals surface area contributed by atoms with E-state index in [0.717, 1.165) is 19.4 Å². The molecule has 0 aromatic heterocycles. The van der Waals surface area contributed by atoms with Gasteiger partial charge in [-0.15, -0.1) is 0 Å². The van der Waals surface area contributed by atoms with Crippen molar-refractivity contribution in [2.24, 2.45) is 5.73 Å². The summed E-state index contributed by atoms with van der Waals surface area (Å²) in [4.78, 5) is 0. The van der Waals surface area contributed by atoms with Crippen LogP contribution in [0.2, 0.25) is 0 Å². The molecule has 0 aliphatic rings. The highest BCUT2D eigenvalue weighted by Gasteiger charge is 2.10. The zero-order valence-corrected chi connectivity index (χ0v) is 11.9. The molecule has 2 N–H and O–H groups in total. The van der Waals surface area contributed by atoms with Crippen LogP contribution in [-0.2, 0) is 6.42 Å². The van der Waals surface area contributed by atoms with Crippen LogP contribution in [0.5, 0.6) is 0 Å². The van der Waals surface area contributed by atoms with Crippen LogP contribution in [0, 0.1) is 0 Å². The molecule has 1 nitrogen and oxygen atoms in total. The first-order valence-electron chi connectivity index (χ1n) is 6.21. The minimum Gasteiger partial charge on any atom is -0.330 e. The topological polar surface area (TPSA) is 26.0 Å². The number of benzene rings is 1. The summed E-state index contributed by atoms with van der Waals surface area (Å²) in [5, 5.41) is 0. The Bertz CT molecular complexity index is 319. The van der Waals surface area contributed by atoms with Gasteiger partial charge in [-0.2, -0.15) is 0 Å². The van der Waals surface area contributed by atoms with E-state index >= 15 is 0 Å². The van der Waals surface area contributed by atoms with Crippen molar-refractivity contribution >= 4 is 15.9 Å². The third kappa shape index (κ3) is 3.60. The van der Waals surface area contributed by atoms with Crippen molar-refractivity contribution in [3.8, 4) is 0 Å². The summed E-state index contributed by atoms with van der Waals surface area (Å²) in [6.07, 6.45) is 4.56. The molecule has 0 amide bonds. The molecule has 0 unspecified atom stereocenters. The Hall–Kier alpha value is -0.340. The summed E-state index contributed by atoms with van der Waals surface area (Å²) in [6.45, 7) is 5.28. The second kappa shape index (κ2) is 7.08. The van der Waals surface area contributed by atoms with Crippen LogP contribution in [0.3, 0.4) is 0 Å². The number of halogens is 1. The van der Waals surface area contributed by atoms with Crippen molar-refractivity contribution in [1.82, 2.24) is 0 Å². The molecule has 0 fully saturated rings. The first-order chi connectivity index (χ1) is 7.72. The molecule has 0 radical (unpaired) electrons. The van der Waals surface area contributed by atoms with Gasteiger partial charge < -0.3 is 5.73 Å². The standard InChI is InChI=1S/C14H22BrN/c1-3-12(4-2)13-8-7-11(6-5-9-16)10-14(13)15/h7-8,10,12H,3-6,9,16H2,1-2H3. The maximum absolute atomic E-state index is 5.52. The lowest BCUT2D eigenvalue weighted by atomic mass is 9.93. The van der Waals surface area contributed by atoms with Crippen molar-refractivity contribution in [1.29, 1.82) is 0 Å². The minimum atomic E-state index is 0.679. The van der Waals surface area contributed by atoms with Crippen LogP contribution >= 0.6 is 15.9 Å². The fourth-order valence-electron chi connectivity index (χ4n) is 2.09. The Labute approximate surface area is 108 Å². The lowest BCUT2D eigenvalue weighted by Crippen LogP contribution is -2.01. The largest absolute Gasteiger partial charge is 0.330 e. The van der Waals surface area contributed by atoms with E-state index in [-0.39, 0.29) is 0 Å². The Morgan fingerprint density at radius 3 is 2.44 bits per heavy atom. The van der Waals surface area contributed by atoms with Gasteiger partial charge in [0.1, 0.15) is 0 Å². The third-order valence-electron chi connectivity index (χ3n) is 3.16. The highest BCUT2D eigenvalue weighted by molar-refractivity contribution is 9.10. The molecular weight excluding hydrogens is 262 g/mol. The van der Waals surface area contributed by atoms with Gasteiger partial charge in [-0.1, -0.05) is 41.9 Å². The molecule has 0 saturated carbocycles. The van der Waals surface area contributed by atoms with E-state index in [2.05, 4.69) is 48.0 Å². The Morgan fingerprint density at radius 2 is 1.94 bits per heavy atom. The fourth-order valence-corrected chi connectivity index (χ4v) is 2.84.